The van der Waals surface area contributed by atoms with Gasteiger partial charge in [-0.2, -0.15) is 0 Å². The third-order valence-corrected chi connectivity index (χ3v) is 5.73. The molecule has 5 nitrogen and oxygen atoms in total. The van der Waals surface area contributed by atoms with Crippen molar-refractivity contribution in [3.63, 3.8) is 0 Å². The maximum atomic E-state index is 12.0. The van der Waals surface area contributed by atoms with Crippen LogP contribution in [0.5, 0.6) is 0 Å². The fraction of sp³-hybridized carbons (Fsp3) is 0.667. The number of rotatable bonds is 6. The van der Waals surface area contributed by atoms with E-state index in [2.05, 4.69) is 4.72 Å². The van der Waals surface area contributed by atoms with Gasteiger partial charge in [0.15, 0.2) is 0 Å². The molecule has 3 N–H and O–H groups in total. The molecule has 2 atom stereocenters. The van der Waals surface area contributed by atoms with Crippen LogP contribution in [0.2, 0.25) is 0 Å². The van der Waals surface area contributed by atoms with Crippen molar-refractivity contribution in [2.45, 2.75) is 43.5 Å². The average molecular weight is 307 g/mol. The second-order valence-corrected chi connectivity index (χ2v) is 8.44. The Morgan fingerprint density at radius 2 is 2.05 bits per heavy atom. The first-order valence-electron chi connectivity index (χ1n) is 6.01. The zero-order chi connectivity index (χ0) is 14.7. The molecule has 0 unspecified atom stereocenters. The fourth-order valence-corrected chi connectivity index (χ4v) is 3.73. The van der Waals surface area contributed by atoms with Crippen LogP contribution in [-0.2, 0) is 10.0 Å². The van der Waals surface area contributed by atoms with E-state index < -0.39 is 22.2 Å². The summed E-state index contributed by atoms with van der Waals surface area (Å²) in [4.78, 5) is 0. The smallest absolute Gasteiger partial charge is 0.250 e. The summed E-state index contributed by atoms with van der Waals surface area (Å²) in [6.07, 6.45) is -0.527. The Labute approximate surface area is 118 Å². The third kappa shape index (κ3) is 4.85. The summed E-state index contributed by atoms with van der Waals surface area (Å²) in [7, 11) is -3.62. The van der Waals surface area contributed by atoms with Gasteiger partial charge in [-0.15, -0.1) is 11.3 Å². The molecular weight excluding hydrogens is 286 g/mol. The lowest BCUT2D eigenvalue weighted by molar-refractivity contribution is 0.0420. The highest BCUT2D eigenvalue weighted by Gasteiger charge is 2.28. The van der Waals surface area contributed by atoms with Gasteiger partial charge in [-0.3, -0.25) is 0 Å². The van der Waals surface area contributed by atoms with Crippen LogP contribution in [-0.4, -0.2) is 37.4 Å². The number of aliphatic hydroxyl groups excluding tert-OH is 2. The van der Waals surface area contributed by atoms with E-state index in [1.807, 2.05) is 20.8 Å². The van der Waals surface area contributed by atoms with Crippen molar-refractivity contribution in [2.75, 3.05) is 6.61 Å². The Bertz CT molecular complexity index is 476. The lowest BCUT2D eigenvalue weighted by Gasteiger charge is -2.29. The molecular formula is C12H21NO4S2. The first-order chi connectivity index (χ1) is 8.66. The van der Waals surface area contributed by atoms with Crippen LogP contribution < -0.4 is 4.72 Å². The highest BCUT2D eigenvalue weighted by Crippen LogP contribution is 2.23. The molecule has 0 bridgehead atoms. The molecule has 110 valence electrons. The largest absolute Gasteiger partial charge is 0.395 e. The van der Waals surface area contributed by atoms with Crippen molar-refractivity contribution < 1.29 is 18.6 Å². The maximum Gasteiger partial charge on any atom is 0.250 e. The Morgan fingerprint density at radius 3 is 2.47 bits per heavy atom. The van der Waals surface area contributed by atoms with Crippen LogP contribution >= 0.6 is 11.3 Å². The Kier molecular flexibility index (Phi) is 5.52. The van der Waals surface area contributed by atoms with Gasteiger partial charge in [0.25, 0.3) is 0 Å². The Morgan fingerprint density at radius 1 is 1.42 bits per heavy atom. The topological polar surface area (TPSA) is 86.6 Å². The highest BCUT2D eigenvalue weighted by molar-refractivity contribution is 7.91. The fourth-order valence-electron chi connectivity index (χ4n) is 1.48. The molecule has 0 radical (unpaired) electrons. The van der Waals surface area contributed by atoms with E-state index in [0.717, 1.165) is 11.3 Å². The molecule has 0 saturated carbocycles. The standard InChI is InChI=1S/C12H21NO4S2/c1-12(2,3)10(15)7-9(8-14)13-19(16,17)11-5-4-6-18-11/h4-6,9-10,13-15H,7-8H2,1-3H3/t9-,10+/m0/s1. The van der Waals surface area contributed by atoms with Crippen molar-refractivity contribution in [1.29, 1.82) is 0 Å². The molecule has 0 aliphatic carbocycles. The summed E-state index contributed by atoms with van der Waals surface area (Å²) in [5, 5.41) is 20.9. The van der Waals surface area contributed by atoms with Gasteiger partial charge in [-0.05, 0) is 23.3 Å². The number of sulfonamides is 1. The molecule has 1 aromatic heterocycles. The molecule has 7 heteroatoms. The molecule has 19 heavy (non-hydrogen) atoms. The van der Waals surface area contributed by atoms with Gasteiger partial charge in [0.05, 0.1) is 12.7 Å². The number of thiophene rings is 1. The van der Waals surface area contributed by atoms with Crippen molar-refractivity contribution >= 4 is 21.4 Å². The number of hydrogen-bond acceptors (Lipinski definition) is 5. The van der Waals surface area contributed by atoms with Gasteiger partial charge in [0.1, 0.15) is 4.21 Å². The molecule has 0 saturated heterocycles. The monoisotopic (exact) mass is 307 g/mol. The average Bonchev–Trinajstić information content (AvgIpc) is 2.80. The van der Waals surface area contributed by atoms with E-state index >= 15 is 0 Å². The van der Waals surface area contributed by atoms with Gasteiger partial charge in [-0.1, -0.05) is 26.8 Å². The van der Waals surface area contributed by atoms with E-state index in [1.54, 1.807) is 11.4 Å². The zero-order valence-corrected chi connectivity index (χ0v) is 13.0. The molecule has 0 aromatic carbocycles. The van der Waals surface area contributed by atoms with Gasteiger partial charge < -0.3 is 10.2 Å². The van der Waals surface area contributed by atoms with Gasteiger partial charge >= 0.3 is 0 Å². The van der Waals surface area contributed by atoms with Crippen molar-refractivity contribution in [3.8, 4) is 0 Å². The molecule has 0 aliphatic heterocycles. The number of nitrogens with one attached hydrogen (secondary N) is 1. The van der Waals surface area contributed by atoms with Crippen molar-refractivity contribution in [3.05, 3.63) is 17.5 Å². The number of aliphatic hydroxyl groups is 2. The van der Waals surface area contributed by atoms with E-state index in [-0.39, 0.29) is 22.7 Å². The summed E-state index contributed by atoms with van der Waals surface area (Å²) >= 11 is 1.11. The summed E-state index contributed by atoms with van der Waals surface area (Å²) in [6.45, 7) is 5.23. The molecule has 0 spiro atoms. The SMILES string of the molecule is CC(C)(C)[C@H](O)C[C@@H](CO)NS(=O)(=O)c1cccs1. The maximum absolute atomic E-state index is 12.0. The first-order valence-corrected chi connectivity index (χ1v) is 8.38. The summed E-state index contributed by atoms with van der Waals surface area (Å²) in [5.41, 5.74) is -0.359. The minimum atomic E-state index is -3.62. The van der Waals surface area contributed by atoms with Crippen LogP contribution in [0.3, 0.4) is 0 Å². The van der Waals surface area contributed by atoms with Gasteiger partial charge in [0, 0.05) is 6.04 Å². The minimum absolute atomic E-state index is 0.171. The number of hydrogen-bond donors (Lipinski definition) is 3. The Balaban J connectivity index is 2.73. The Hall–Kier alpha value is -0.470. The van der Waals surface area contributed by atoms with Crippen molar-refractivity contribution in [2.24, 2.45) is 5.41 Å². The van der Waals surface area contributed by atoms with E-state index in [4.69, 9.17) is 0 Å². The molecule has 1 aromatic rings. The van der Waals surface area contributed by atoms with Crippen LogP contribution in [0.25, 0.3) is 0 Å². The summed E-state index contributed by atoms with van der Waals surface area (Å²) in [6, 6.07) is 2.46. The quantitative estimate of drug-likeness (QED) is 0.736. The predicted octanol–water partition coefficient (Wildman–Crippen LogP) is 1.18. The first kappa shape index (κ1) is 16.6. The van der Waals surface area contributed by atoms with Gasteiger partial charge in [-0.25, -0.2) is 13.1 Å². The molecule has 1 rings (SSSR count). The molecule has 1 heterocycles. The predicted molar refractivity (Wildman–Crippen MR) is 75.6 cm³/mol. The van der Waals surface area contributed by atoms with Crippen LogP contribution in [0.1, 0.15) is 27.2 Å². The normalized spacial score (nSPS) is 16.3. The van der Waals surface area contributed by atoms with E-state index in [0.29, 0.717) is 0 Å². The van der Waals surface area contributed by atoms with Crippen LogP contribution in [0.4, 0.5) is 0 Å². The second kappa shape index (κ2) is 6.32. The van der Waals surface area contributed by atoms with Crippen LogP contribution in [0, 0.1) is 5.41 Å². The van der Waals surface area contributed by atoms with Gasteiger partial charge in [0.2, 0.25) is 10.0 Å². The summed E-state index contributed by atoms with van der Waals surface area (Å²) < 4.78 is 26.6. The second-order valence-electron chi connectivity index (χ2n) is 5.55. The lowest BCUT2D eigenvalue weighted by Crippen LogP contribution is -2.42. The molecule has 0 fully saturated rings. The van der Waals surface area contributed by atoms with Crippen LogP contribution in [0.15, 0.2) is 21.7 Å². The highest BCUT2D eigenvalue weighted by atomic mass is 32.2. The molecule has 0 amide bonds. The van der Waals surface area contributed by atoms with E-state index in [9.17, 15) is 18.6 Å². The summed E-state index contributed by atoms with van der Waals surface area (Å²) in [5.74, 6) is 0. The third-order valence-electron chi connectivity index (χ3n) is 2.81. The lowest BCUT2D eigenvalue weighted by atomic mass is 9.86. The minimum Gasteiger partial charge on any atom is -0.395 e. The molecule has 0 aliphatic rings. The van der Waals surface area contributed by atoms with E-state index in [1.165, 1.54) is 6.07 Å². The zero-order valence-electron chi connectivity index (χ0n) is 11.3. The van der Waals surface area contributed by atoms with Crippen molar-refractivity contribution in [1.82, 2.24) is 4.72 Å².